The topological polar surface area (TPSA) is 44.7 Å². The molecule has 1 rings (SSSR count). The highest BCUT2D eigenvalue weighted by molar-refractivity contribution is 4.86. The summed E-state index contributed by atoms with van der Waals surface area (Å²) in [6.07, 6.45) is 3.43. The van der Waals surface area contributed by atoms with E-state index in [9.17, 15) is 0 Å². The summed E-state index contributed by atoms with van der Waals surface area (Å²) in [6.45, 7) is 8.16. The van der Waals surface area contributed by atoms with Crippen LogP contribution >= 0.6 is 0 Å². The highest BCUT2D eigenvalue weighted by atomic mass is 16.5. The Morgan fingerprint density at radius 3 is 2.65 bits per heavy atom. The van der Waals surface area contributed by atoms with Crippen molar-refractivity contribution in [1.29, 1.82) is 0 Å². The first-order chi connectivity index (χ1) is 8.22. The van der Waals surface area contributed by atoms with Crippen molar-refractivity contribution in [3.63, 3.8) is 0 Å². The van der Waals surface area contributed by atoms with Gasteiger partial charge in [0.25, 0.3) is 0 Å². The molecule has 4 heteroatoms. The fraction of sp³-hybridized carbons (Fsp3) is 1.00. The molecule has 0 unspecified atom stereocenters. The van der Waals surface area contributed by atoms with Crippen molar-refractivity contribution in [3.8, 4) is 0 Å². The number of hydrogen-bond donors (Lipinski definition) is 2. The third-order valence-corrected chi connectivity index (χ3v) is 3.57. The van der Waals surface area contributed by atoms with Crippen molar-refractivity contribution in [2.45, 2.75) is 26.2 Å². The molecular formula is C13H28N2O2. The number of ether oxygens (including phenoxy) is 1. The van der Waals surface area contributed by atoms with E-state index < -0.39 is 0 Å². The molecule has 1 saturated heterocycles. The first-order valence-corrected chi connectivity index (χ1v) is 6.80. The molecule has 1 aliphatic rings. The van der Waals surface area contributed by atoms with Gasteiger partial charge < -0.3 is 20.1 Å². The zero-order valence-electron chi connectivity index (χ0n) is 11.4. The number of aliphatic hydroxyl groups excluding tert-OH is 1. The Labute approximate surface area is 105 Å². The van der Waals surface area contributed by atoms with Crippen molar-refractivity contribution < 1.29 is 9.84 Å². The van der Waals surface area contributed by atoms with E-state index in [4.69, 9.17) is 9.84 Å². The van der Waals surface area contributed by atoms with Crippen molar-refractivity contribution >= 4 is 0 Å². The molecule has 1 fully saturated rings. The van der Waals surface area contributed by atoms with Crippen LogP contribution in [0.1, 0.15) is 26.2 Å². The van der Waals surface area contributed by atoms with Crippen LogP contribution in [0.4, 0.5) is 0 Å². The van der Waals surface area contributed by atoms with Gasteiger partial charge in [0.1, 0.15) is 0 Å². The Bertz CT molecular complexity index is 194. The quantitative estimate of drug-likeness (QED) is 0.617. The largest absolute Gasteiger partial charge is 0.395 e. The van der Waals surface area contributed by atoms with Gasteiger partial charge in [-0.05, 0) is 38.3 Å². The van der Waals surface area contributed by atoms with E-state index in [-0.39, 0.29) is 6.61 Å². The lowest BCUT2D eigenvalue weighted by molar-refractivity contribution is -0.00214. The van der Waals surface area contributed by atoms with Crippen LogP contribution < -0.4 is 5.32 Å². The fourth-order valence-electron chi connectivity index (χ4n) is 2.55. The molecule has 0 atom stereocenters. The summed E-state index contributed by atoms with van der Waals surface area (Å²) in [5, 5.41) is 12.5. The van der Waals surface area contributed by atoms with E-state index in [1.54, 1.807) is 0 Å². The van der Waals surface area contributed by atoms with Gasteiger partial charge >= 0.3 is 0 Å². The summed E-state index contributed by atoms with van der Waals surface area (Å²) in [5.74, 6) is 0. The molecule has 4 nitrogen and oxygen atoms in total. The highest BCUT2D eigenvalue weighted by Gasteiger charge is 2.33. The Hall–Kier alpha value is -0.160. The molecule has 0 aromatic heterocycles. The molecular weight excluding hydrogens is 216 g/mol. The fourth-order valence-corrected chi connectivity index (χ4v) is 2.55. The van der Waals surface area contributed by atoms with E-state index >= 15 is 0 Å². The zero-order valence-corrected chi connectivity index (χ0v) is 11.4. The molecule has 1 heterocycles. The third-order valence-electron chi connectivity index (χ3n) is 3.57. The number of nitrogens with zero attached hydrogens (tertiary/aromatic N) is 1. The smallest absolute Gasteiger partial charge is 0.0558 e. The molecule has 0 saturated carbocycles. The van der Waals surface area contributed by atoms with Crippen molar-refractivity contribution in [2.75, 3.05) is 53.0 Å². The SMILES string of the molecule is CCCNCC1(CN(C)CCO)CCOCC1. The van der Waals surface area contributed by atoms with Crippen LogP contribution in [0.3, 0.4) is 0 Å². The number of hydrogen-bond acceptors (Lipinski definition) is 4. The maximum Gasteiger partial charge on any atom is 0.0558 e. The monoisotopic (exact) mass is 244 g/mol. The standard InChI is InChI=1S/C13H28N2O2/c1-3-6-14-11-13(4-9-17-10-5-13)12-15(2)7-8-16/h14,16H,3-12H2,1-2H3. The van der Waals surface area contributed by atoms with E-state index in [1.807, 2.05) is 0 Å². The molecule has 0 bridgehead atoms. The van der Waals surface area contributed by atoms with Gasteiger partial charge in [0.2, 0.25) is 0 Å². The first kappa shape index (κ1) is 14.9. The average Bonchev–Trinajstić information content (AvgIpc) is 2.30. The van der Waals surface area contributed by atoms with Crippen LogP contribution in [0, 0.1) is 5.41 Å². The summed E-state index contributed by atoms with van der Waals surface area (Å²) in [6, 6.07) is 0. The molecule has 0 amide bonds. The second-order valence-electron chi connectivity index (χ2n) is 5.25. The summed E-state index contributed by atoms with van der Waals surface area (Å²) in [4.78, 5) is 2.24. The van der Waals surface area contributed by atoms with Crippen LogP contribution in [0.15, 0.2) is 0 Å². The van der Waals surface area contributed by atoms with Gasteiger partial charge in [0, 0.05) is 32.8 Å². The molecule has 102 valence electrons. The van der Waals surface area contributed by atoms with Crippen LogP contribution in [-0.2, 0) is 4.74 Å². The Morgan fingerprint density at radius 1 is 1.35 bits per heavy atom. The van der Waals surface area contributed by atoms with Gasteiger partial charge in [-0.3, -0.25) is 0 Å². The number of rotatable bonds is 8. The predicted octanol–water partition coefficient (Wildman–Crippen LogP) is 0.707. The molecule has 2 N–H and O–H groups in total. The third kappa shape index (κ3) is 5.34. The minimum absolute atomic E-state index is 0.242. The lowest BCUT2D eigenvalue weighted by Gasteiger charge is -2.40. The molecule has 0 radical (unpaired) electrons. The van der Waals surface area contributed by atoms with Gasteiger partial charge in [0.15, 0.2) is 0 Å². The minimum Gasteiger partial charge on any atom is -0.395 e. The maximum absolute atomic E-state index is 8.98. The summed E-state index contributed by atoms with van der Waals surface area (Å²) < 4.78 is 5.48. The van der Waals surface area contributed by atoms with Crippen LogP contribution in [-0.4, -0.2) is 63.1 Å². The Morgan fingerprint density at radius 2 is 2.06 bits per heavy atom. The second kappa shape index (κ2) is 8.03. The maximum atomic E-state index is 8.98. The molecule has 0 aromatic carbocycles. The van der Waals surface area contributed by atoms with Crippen LogP contribution in [0.5, 0.6) is 0 Å². The number of aliphatic hydroxyl groups is 1. The first-order valence-electron chi connectivity index (χ1n) is 6.80. The van der Waals surface area contributed by atoms with Gasteiger partial charge in [-0.2, -0.15) is 0 Å². The minimum atomic E-state index is 0.242. The summed E-state index contributed by atoms with van der Waals surface area (Å²) in [5.41, 5.74) is 0.331. The molecule has 1 aliphatic heterocycles. The zero-order chi connectivity index (χ0) is 12.6. The Balaban J connectivity index is 2.45. The van der Waals surface area contributed by atoms with Gasteiger partial charge in [0.05, 0.1) is 6.61 Å². The van der Waals surface area contributed by atoms with E-state index in [0.717, 1.165) is 52.2 Å². The molecule has 0 aromatic rings. The van der Waals surface area contributed by atoms with Gasteiger partial charge in [-0.1, -0.05) is 6.92 Å². The van der Waals surface area contributed by atoms with Crippen molar-refractivity contribution in [2.24, 2.45) is 5.41 Å². The Kier molecular flexibility index (Phi) is 7.04. The van der Waals surface area contributed by atoms with Crippen LogP contribution in [0.25, 0.3) is 0 Å². The average molecular weight is 244 g/mol. The van der Waals surface area contributed by atoms with Crippen LogP contribution in [0.2, 0.25) is 0 Å². The van der Waals surface area contributed by atoms with E-state index in [2.05, 4.69) is 24.2 Å². The number of nitrogens with one attached hydrogen (secondary N) is 1. The normalized spacial score (nSPS) is 19.8. The number of likely N-dealkylation sites (N-methyl/N-ethyl adjacent to an activating group) is 1. The summed E-state index contributed by atoms with van der Waals surface area (Å²) in [7, 11) is 2.09. The second-order valence-corrected chi connectivity index (χ2v) is 5.25. The highest BCUT2D eigenvalue weighted by Crippen LogP contribution is 2.30. The van der Waals surface area contributed by atoms with E-state index in [0.29, 0.717) is 5.41 Å². The molecule has 0 aliphatic carbocycles. The van der Waals surface area contributed by atoms with Gasteiger partial charge in [-0.25, -0.2) is 0 Å². The lowest BCUT2D eigenvalue weighted by Crippen LogP contribution is -2.47. The molecule has 0 spiro atoms. The van der Waals surface area contributed by atoms with Crippen molar-refractivity contribution in [1.82, 2.24) is 10.2 Å². The van der Waals surface area contributed by atoms with Crippen molar-refractivity contribution in [3.05, 3.63) is 0 Å². The van der Waals surface area contributed by atoms with E-state index in [1.165, 1.54) is 6.42 Å². The molecule has 17 heavy (non-hydrogen) atoms. The summed E-state index contributed by atoms with van der Waals surface area (Å²) >= 11 is 0. The van der Waals surface area contributed by atoms with Gasteiger partial charge in [-0.15, -0.1) is 0 Å². The predicted molar refractivity (Wildman–Crippen MR) is 70.2 cm³/mol. The lowest BCUT2D eigenvalue weighted by atomic mass is 9.79.